The summed E-state index contributed by atoms with van der Waals surface area (Å²) in [5, 5.41) is 0. The molecular weight excluding hydrogens is 312 g/mol. The Bertz CT molecular complexity index is 604. The molecule has 2 heterocycles. The minimum atomic E-state index is -0.115. The normalized spacial score (nSPS) is 13.9. The predicted molar refractivity (Wildman–Crippen MR) is 71.9 cm³/mol. The molecule has 0 unspecified atom stereocenters. The minimum absolute atomic E-state index is 0.115. The second-order valence-corrected chi connectivity index (χ2v) is 5.02. The summed E-state index contributed by atoms with van der Waals surface area (Å²) >= 11 is 3.40. The van der Waals surface area contributed by atoms with E-state index in [1.165, 1.54) is 12.5 Å². The van der Waals surface area contributed by atoms with Gasteiger partial charge in [-0.2, -0.15) is 0 Å². The third-order valence-electron chi connectivity index (χ3n) is 2.87. The zero-order valence-corrected chi connectivity index (χ0v) is 11.6. The van der Waals surface area contributed by atoms with E-state index in [-0.39, 0.29) is 5.78 Å². The Kier molecular flexibility index (Phi) is 3.29. The van der Waals surface area contributed by atoms with Crippen molar-refractivity contribution in [1.29, 1.82) is 0 Å². The van der Waals surface area contributed by atoms with Gasteiger partial charge in [-0.05, 0) is 34.1 Å². The van der Waals surface area contributed by atoms with Crippen LogP contribution >= 0.6 is 15.9 Å². The van der Waals surface area contributed by atoms with Crippen LogP contribution in [-0.4, -0.2) is 19.0 Å². The number of hydrogen-bond donors (Lipinski definition) is 0. The molecule has 0 spiro atoms. The quantitative estimate of drug-likeness (QED) is 0.795. The second-order valence-electron chi connectivity index (χ2n) is 4.17. The van der Waals surface area contributed by atoms with E-state index in [1.807, 2.05) is 0 Å². The van der Waals surface area contributed by atoms with Crippen molar-refractivity contribution in [2.45, 2.75) is 6.42 Å². The second kappa shape index (κ2) is 5.09. The molecule has 0 N–H and O–H groups in total. The monoisotopic (exact) mass is 322 g/mol. The van der Waals surface area contributed by atoms with Crippen molar-refractivity contribution in [2.75, 3.05) is 13.2 Å². The van der Waals surface area contributed by atoms with Gasteiger partial charge in [0.25, 0.3) is 0 Å². The molecule has 98 valence electrons. The highest BCUT2D eigenvalue weighted by molar-refractivity contribution is 9.10. The highest BCUT2D eigenvalue weighted by atomic mass is 79.9. The van der Waals surface area contributed by atoms with Crippen LogP contribution in [0.5, 0.6) is 11.5 Å². The standard InChI is InChI=1S/C14H11BrO4/c15-11-7-13-12(18-3-1-4-19-13)6-10(11)14(16)9-2-5-17-8-9/h2,5-8H,1,3-4H2. The molecule has 0 saturated heterocycles. The summed E-state index contributed by atoms with van der Waals surface area (Å²) in [5.41, 5.74) is 1.04. The van der Waals surface area contributed by atoms with E-state index in [0.29, 0.717) is 40.3 Å². The zero-order chi connectivity index (χ0) is 13.2. The Morgan fingerprint density at radius 2 is 1.89 bits per heavy atom. The summed E-state index contributed by atoms with van der Waals surface area (Å²) in [6.07, 6.45) is 3.74. The van der Waals surface area contributed by atoms with Gasteiger partial charge in [-0.15, -0.1) is 0 Å². The molecule has 0 aliphatic carbocycles. The number of fused-ring (bicyclic) bond motifs is 1. The lowest BCUT2D eigenvalue weighted by molar-refractivity contribution is 0.103. The van der Waals surface area contributed by atoms with Crippen LogP contribution in [0.4, 0.5) is 0 Å². The number of benzene rings is 1. The first-order chi connectivity index (χ1) is 9.25. The van der Waals surface area contributed by atoms with E-state index in [1.54, 1.807) is 18.2 Å². The van der Waals surface area contributed by atoms with Crippen LogP contribution in [0.25, 0.3) is 0 Å². The molecule has 2 aromatic rings. The number of furan rings is 1. The lowest BCUT2D eigenvalue weighted by atomic mass is 10.1. The molecule has 19 heavy (non-hydrogen) atoms. The summed E-state index contributed by atoms with van der Waals surface area (Å²) < 4.78 is 16.8. The van der Waals surface area contributed by atoms with Crippen molar-refractivity contribution in [3.63, 3.8) is 0 Å². The van der Waals surface area contributed by atoms with Gasteiger partial charge in [-0.25, -0.2) is 0 Å². The molecule has 0 amide bonds. The van der Waals surface area contributed by atoms with E-state index in [9.17, 15) is 4.79 Å². The average molecular weight is 323 g/mol. The van der Waals surface area contributed by atoms with Crippen molar-refractivity contribution in [3.8, 4) is 11.5 Å². The van der Waals surface area contributed by atoms with Gasteiger partial charge in [-0.1, -0.05) is 0 Å². The van der Waals surface area contributed by atoms with Crippen molar-refractivity contribution < 1.29 is 18.7 Å². The molecule has 5 heteroatoms. The van der Waals surface area contributed by atoms with E-state index in [4.69, 9.17) is 13.9 Å². The van der Waals surface area contributed by atoms with E-state index < -0.39 is 0 Å². The molecule has 0 fully saturated rings. The van der Waals surface area contributed by atoms with Gasteiger partial charge >= 0.3 is 0 Å². The number of ketones is 1. The highest BCUT2D eigenvalue weighted by Gasteiger charge is 2.19. The van der Waals surface area contributed by atoms with Crippen LogP contribution in [0.2, 0.25) is 0 Å². The molecule has 0 radical (unpaired) electrons. The SMILES string of the molecule is O=C(c1ccoc1)c1cc2c(cc1Br)OCCCO2. The third kappa shape index (κ3) is 2.38. The molecule has 1 aromatic carbocycles. The number of carbonyl (C=O) groups is 1. The molecule has 0 saturated carbocycles. The maximum Gasteiger partial charge on any atom is 0.197 e. The fourth-order valence-electron chi connectivity index (χ4n) is 1.91. The first kappa shape index (κ1) is 12.3. The van der Waals surface area contributed by atoms with Crippen LogP contribution in [0.1, 0.15) is 22.3 Å². The fourth-order valence-corrected chi connectivity index (χ4v) is 2.41. The number of rotatable bonds is 2. The van der Waals surface area contributed by atoms with Crippen molar-refractivity contribution in [3.05, 3.63) is 46.3 Å². The molecule has 1 aliphatic rings. The Morgan fingerprint density at radius 3 is 2.58 bits per heavy atom. The van der Waals surface area contributed by atoms with Gasteiger partial charge in [0.05, 0.1) is 25.0 Å². The van der Waals surface area contributed by atoms with Crippen LogP contribution < -0.4 is 9.47 Å². The lowest BCUT2D eigenvalue weighted by Crippen LogP contribution is -2.02. The van der Waals surface area contributed by atoms with Crippen molar-refractivity contribution >= 4 is 21.7 Å². The maximum absolute atomic E-state index is 12.3. The molecule has 4 nitrogen and oxygen atoms in total. The first-order valence-electron chi connectivity index (χ1n) is 5.92. The van der Waals surface area contributed by atoms with Gasteiger partial charge in [0.15, 0.2) is 17.3 Å². The molecule has 3 rings (SSSR count). The maximum atomic E-state index is 12.3. The molecule has 1 aromatic heterocycles. The van der Waals surface area contributed by atoms with E-state index in [2.05, 4.69) is 15.9 Å². The van der Waals surface area contributed by atoms with Crippen molar-refractivity contribution in [1.82, 2.24) is 0 Å². The summed E-state index contributed by atoms with van der Waals surface area (Å²) in [4.78, 5) is 12.3. The fraction of sp³-hybridized carbons (Fsp3) is 0.214. The van der Waals surface area contributed by atoms with Gasteiger partial charge in [0.2, 0.25) is 0 Å². The summed E-state index contributed by atoms with van der Waals surface area (Å²) in [5.74, 6) is 1.15. The average Bonchev–Trinajstić information content (AvgIpc) is 2.84. The predicted octanol–water partition coefficient (Wildman–Crippen LogP) is 3.43. The lowest BCUT2D eigenvalue weighted by Gasteiger charge is -2.10. The van der Waals surface area contributed by atoms with Crippen molar-refractivity contribution in [2.24, 2.45) is 0 Å². The van der Waals surface area contributed by atoms with Gasteiger partial charge in [0.1, 0.15) is 6.26 Å². The molecule has 0 atom stereocenters. The summed E-state index contributed by atoms with van der Waals surface area (Å²) in [6.45, 7) is 1.21. The smallest absolute Gasteiger partial charge is 0.197 e. The molecule has 0 bridgehead atoms. The number of ether oxygens (including phenoxy) is 2. The Morgan fingerprint density at radius 1 is 1.16 bits per heavy atom. The Hall–Kier alpha value is -1.75. The highest BCUT2D eigenvalue weighted by Crippen LogP contribution is 2.36. The van der Waals surface area contributed by atoms with Gasteiger partial charge < -0.3 is 13.9 Å². The van der Waals surface area contributed by atoms with Gasteiger partial charge in [-0.3, -0.25) is 4.79 Å². The number of halogens is 1. The van der Waals surface area contributed by atoms with Gasteiger partial charge in [0, 0.05) is 16.5 Å². The number of carbonyl (C=O) groups excluding carboxylic acids is 1. The molecule has 1 aliphatic heterocycles. The third-order valence-corrected chi connectivity index (χ3v) is 3.52. The summed E-state index contributed by atoms with van der Waals surface area (Å²) in [6, 6.07) is 5.12. The van der Waals surface area contributed by atoms with Crippen LogP contribution in [-0.2, 0) is 0 Å². The van der Waals surface area contributed by atoms with Crippen LogP contribution in [0.15, 0.2) is 39.6 Å². The van der Waals surface area contributed by atoms with E-state index >= 15 is 0 Å². The molecular formula is C14H11BrO4. The largest absolute Gasteiger partial charge is 0.490 e. The van der Waals surface area contributed by atoms with E-state index in [0.717, 1.165) is 6.42 Å². The zero-order valence-electron chi connectivity index (χ0n) is 10.0. The topological polar surface area (TPSA) is 48.7 Å². The van der Waals surface area contributed by atoms with Crippen LogP contribution in [0.3, 0.4) is 0 Å². The minimum Gasteiger partial charge on any atom is -0.490 e. The Labute approximate surface area is 118 Å². The summed E-state index contributed by atoms with van der Waals surface area (Å²) in [7, 11) is 0. The number of hydrogen-bond acceptors (Lipinski definition) is 4. The van der Waals surface area contributed by atoms with Crippen LogP contribution in [0, 0.1) is 0 Å². The Balaban J connectivity index is 2.02. The first-order valence-corrected chi connectivity index (χ1v) is 6.71.